The minimum atomic E-state index is -0.0395. The lowest BCUT2D eigenvalue weighted by atomic mass is 9.87. The molecule has 4 nitrogen and oxygen atoms in total. The highest BCUT2D eigenvalue weighted by Gasteiger charge is 2.23. The van der Waals surface area contributed by atoms with Gasteiger partial charge in [-0.2, -0.15) is 0 Å². The maximum atomic E-state index is 13.2. The Kier molecular flexibility index (Phi) is 7.23. The lowest BCUT2D eigenvalue weighted by Crippen LogP contribution is -2.27. The van der Waals surface area contributed by atoms with E-state index in [4.69, 9.17) is 0 Å². The number of aromatic nitrogens is 2. The summed E-state index contributed by atoms with van der Waals surface area (Å²) in [5.74, 6) is 0.0128. The van der Waals surface area contributed by atoms with Crippen molar-refractivity contribution in [1.29, 1.82) is 0 Å². The molecule has 1 atom stereocenters. The van der Waals surface area contributed by atoms with Gasteiger partial charge in [-0.3, -0.25) is 9.78 Å². The third-order valence-electron chi connectivity index (χ3n) is 6.69. The van der Waals surface area contributed by atoms with Gasteiger partial charge in [-0.05, 0) is 41.8 Å². The summed E-state index contributed by atoms with van der Waals surface area (Å²) in [4.78, 5) is 17.5. The monoisotopic (exact) mass is 473 g/mol. The van der Waals surface area contributed by atoms with Crippen molar-refractivity contribution < 1.29 is 4.79 Å². The molecule has 5 aromatic rings. The van der Waals surface area contributed by atoms with E-state index in [9.17, 15) is 4.79 Å². The Balaban J connectivity index is 1.44. The molecule has 180 valence electrons. The van der Waals surface area contributed by atoms with Crippen LogP contribution in [0.25, 0.3) is 10.9 Å². The lowest BCUT2D eigenvalue weighted by Gasteiger charge is -2.18. The van der Waals surface area contributed by atoms with E-state index in [2.05, 4.69) is 101 Å². The second kappa shape index (κ2) is 11.0. The number of fused-ring (bicyclic) bond motifs is 1. The number of aryl methyl sites for hydroxylation is 1. The van der Waals surface area contributed by atoms with Gasteiger partial charge in [0.1, 0.15) is 0 Å². The zero-order valence-electron chi connectivity index (χ0n) is 20.6. The van der Waals surface area contributed by atoms with Crippen LogP contribution in [0.3, 0.4) is 0 Å². The number of carbonyl (C=O) groups is 1. The van der Waals surface area contributed by atoms with Crippen LogP contribution < -0.4 is 5.32 Å². The van der Waals surface area contributed by atoms with Gasteiger partial charge in [0.2, 0.25) is 5.91 Å². The molecule has 1 N–H and O–H groups in total. The smallest absolute Gasteiger partial charge is 0.220 e. The number of nitrogens with one attached hydrogen (secondary N) is 1. The quantitative estimate of drug-likeness (QED) is 0.274. The summed E-state index contributed by atoms with van der Waals surface area (Å²) in [5.41, 5.74) is 6.97. The second-order valence-electron chi connectivity index (χ2n) is 9.30. The number of nitrogens with zero attached hydrogens (tertiary/aromatic N) is 2. The van der Waals surface area contributed by atoms with E-state index in [-0.39, 0.29) is 11.8 Å². The third kappa shape index (κ3) is 5.55. The Bertz CT molecular complexity index is 1420. The van der Waals surface area contributed by atoms with E-state index in [0.29, 0.717) is 13.0 Å². The highest BCUT2D eigenvalue weighted by molar-refractivity contribution is 5.86. The summed E-state index contributed by atoms with van der Waals surface area (Å²) in [6.07, 6.45) is 5.14. The molecule has 4 heteroatoms. The van der Waals surface area contributed by atoms with Gasteiger partial charge in [-0.15, -0.1) is 0 Å². The summed E-state index contributed by atoms with van der Waals surface area (Å²) < 4.78 is 2.31. The molecule has 2 heterocycles. The maximum Gasteiger partial charge on any atom is 0.220 e. The molecule has 36 heavy (non-hydrogen) atoms. The second-order valence-corrected chi connectivity index (χ2v) is 9.30. The average molecular weight is 474 g/mol. The van der Waals surface area contributed by atoms with Crippen molar-refractivity contribution >= 4 is 16.8 Å². The van der Waals surface area contributed by atoms with Crippen LogP contribution >= 0.6 is 0 Å². The molecule has 0 aliphatic heterocycles. The largest absolute Gasteiger partial charge is 0.356 e. The Morgan fingerprint density at radius 3 is 2.42 bits per heavy atom. The summed E-state index contributed by atoms with van der Waals surface area (Å²) in [7, 11) is 0. The van der Waals surface area contributed by atoms with E-state index in [0.717, 1.165) is 24.2 Å². The van der Waals surface area contributed by atoms with Gasteiger partial charge in [-0.25, -0.2) is 0 Å². The van der Waals surface area contributed by atoms with Gasteiger partial charge in [0, 0.05) is 60.8 Å². The molecule has 1 amide bonds. The molecule has 0 fully saturated rings. The number of pyridine rings is 1. The summed E-state index contributed by atoms with van der Waals surface area (Å²) >= 11 is 0. The molecular weight excluding hydrogens is 442 g/mol. The topological polar surface area (TPSA) is 46.9 Å². The maximum absolute atomic E-state index is 13.2. The van der Waals surface area contributed by atoms with Crippen molar-refractivity contribution in [1.82, 2.24) is 14.9 Å². The predicted molar refractivity (Wildman–Crippen MR) is 146 cm³/mol. The van der Waals surface area contributed by atoms with Crippen LogP contribution in [-0.4, -0.2) is 22.0 Å². The van der Waals surface area contributed by atoms with Gasteiger partial charge in [-0.1, -0.05) is 84.4 Å². The fourth-order valence-electron chi connectivity index (χ4n) is 4.80. The van der Waals surface area contributed by atoms with E-state index in [1.807, 2.05) is 24.3 Å². The molecular formula is C32H31N3O. The molecule has 0 aliphatic rings. The molecule has 0 saturated carbocycles. The Hall–Kier alpha value is -4.18. The van der Waals surface area contributed by atoms with Crippen LogP contribution in [-0.2, 0) is 17.8 Å². The number of rotatable bonds is 9. The van der Waals surface area contributed by atoms with Crippen LogP contribution in [0, 0.1) is 6.92 Å². The van der Waals surface area contributed by atoms with Gasteiger partial charge in [0.05, 0.1) is 0 Å². The van der Waals surface area contributed by atoms with Crippen molar-refractivity contribution in [3.05, 3.63) is 137 Å². The van der Waals surface area contributed by atoms with Gasteiger partial charge in [0.25, 0.3) is 0 Å². The zero-order valence-corrected chi connectivity index (χ0v) is 20.6. The van der Waals surface area contributed by atoms with Crippen LogP contribution in [0.15, 0.2) is 109 Å². The summed E-state index contributed by atoms with van der Waals surface area (Å²) in [6, 6.07) is 33.4. The number of carbonyl (C=O) groups excluding carboxylic acids is 1. The molecule has 1 unspecified atom stereocenters. The van der Waals surface area contributed by atoms with Gasteiger partial charge in [0.15, 0.2) is 0 Å². The first-order chi connectivity index (χ1) is 17.7. The highest BCUT2D eigenvalue weighted by atomic mass is 16.1. The van der Waals surface area contributed by atoms with Crippen molar-refractivity contribution in [2.45, 2.75) is 32.2 Å². The van der Waals surface area contributed by atoms with Crippen LogP contribution in [0.4, 0.5) is 0 Å². The van der Waals surface area contributed by atoms with E-state index >= 15 is 0 Å². The van der Waals surface area contributed by atoms with Crippen LogP contribution in [0.5, 0.6) is 0 Å². The number of amides is 1. The highest BCUT2D eigenvalue weighted by Crippen LogP contribution is 2.35. The van der Waals surface area contributed by atoms with E-state index in [1.54, 1.807) is 6.20 Å². The fourth-order valence-corrected chi connectivity index (χ4v) is 4.80. The summed E-state index contributed by atoms with van der Waals surface area (Å²) in [5, 5.41) is 4.32. The fraction of sp³-hybridized carbons (Fsp3) is 0.188. The lowest BCUT2D eigenvalue weighted by molar-refractivity contribution is -0.121. The normalized spacial score (nSPS) is 11.9. The minimum Gasteiger partial charge on any atom is -0.356 e. The molecule has 0 bridgehead atoms. The summed E-state index contributed by atoms with van der Waals surface area (Å²) in [6.45, 7) is 3.46. The Labute approximate surface area is 212 Å². The van der Waals surface area contributed by atoms with Crippen molar-refractivity contribution in [2.24, 2.45) is 0 Å². The molecule has 0 aliphatic carbocycles. The van der Waals surface area contributed by atoms with Crippen molar-refractivity contribution in [3.63, 3.8) is 0 Å². The molecule has 5 rings (SSSR count). The van der Waals surface area contributed by atoms with Crippen molar-refractivity contribution in [3.8, 4) is 0 Å². The Morgan fingerprint density at radius 2 is 1.64 bits per heavy atom. The molecule has 0 spiro atoms. The zero-order chi connectivity index (χ0) is 24.7. The first kappa shape index (κ1) is 23.6. The number of para-hydroxylation sites is 1. The average Bonchev–Trinajstić information content (AvgIpc) is 3.27. The Morgan fingerprint density at radius 1 is 0.889 bits per heavy atom. The minimum absolute atomic E-state index is 0.0395. The molecule has 3 aromatic carbocycles. The number of benzene rings is 3. The van der Waals surface area contributed by atoms with Crippen LogP contribution in [0.1, 0.15) is 40.3 Å². The first-order valence-corrected chi connectivity index (χ1v) is 12.5. The van der Waals surface area contributed by atoms with Gasteiger partial charge < -0.3 is 9.88 Å². The molecule has 0 saturated heterocycles. The van der Waals surface area contributed by atoms with E-state index < -0.39 is 0 Å². The standard InChI is InChI=1S/C32H31N3O/c1-24-14-16-26(17-15-24)29(21-32(36)34-20-18-27-11-7-8-19-33-27)30-23-35(22-25-9-3-2-4-10-25)31-13-6-5-12-28(30)31/h2-17,19,23,29H,18,20-22H2,1H3,(H,34,36). The number of hydrogen-bond donors (Lipinski definition) is 1. The SMILES string of the molecule is Cc1ccc(C(CC(=O)NCCc2ccccn2)c2cn(Cc3ccccc3)c3ccccc23)cc1. The molecule has 0 radical (unpaired) electrons. The van der Waals surface area contributed by atoms with Crippen LogP contribution in [0.2, 0.25) is 0 Å². The molecule has 2 aromatic heterocycles. The first-order valence-electron chi connectivity index (χ1n) is 12.5. The number of hydrogen-bond acceptors (Lipinski definition) is 2. The predicted octanol–water partition coefficient (Wildman–Crippen LogP) is 6.27. The third-order valence-corrected chi connectivity index (χ3v) is 6.69. The van der Waals surface area contributed by atoms with E-state index in [1.165, 1.54) is 27.6 Å². The van der Waals surface area contributed by atoms with Gasteiger partial charge >= 0.3 is 0 Å². The van der Waals surface area contributed by atoms with Crippen molar-refractivity contribution in [2.75, 3.05) is 6.54 Å².